The van der Waals surface area contributed by atoms with Crippen LogP contribution in [0.25, 0.3) is 11.0 Å². The molecule has 6 heteroatoms. The van der Waals surface area contributed by atoms with Crippen molar-refractivity contribution in [3.8, 4) is 0 Å². The number of fused-ring (bicyclic) bond motifs is 1. The van der Waals surface area contributed by atoms with Crippen LogP contribution in [0.4, 0.5) is 5.69 Å². The molecule has 0 unspecified atom stereocenters. The maximum Gasteiger partial charge on any atom is 0.271 e. The van der Waals surface area contributed by atoms with Gasteiger partial charge in [-0.15, -0.1) is 0 Å². The number of imidazole rings is 1. The summed E-state index contributed by atoms with van der Waals surface area (Å²) in [4.78, 5) is 18.0. The molecule has 124 valence electrons. The Bertz CT molecular complexity index is 879. The number of nitro groups is 1. The third-order valence-electron chi connectivity index (χ3n) is 3.85. The number of H-pyrrole nitrogens is 1. The van der Waals surface area contributed by atoms with Gasteiger partial charge in [-0.05, 0) is 22.6 Å². The molecule has 0 aliphatic carbocycles. The second-order valence-electron chi connectivity index (χ2n) is 6.74. The quantitative estimate of drug-likeness (QED) is 0.409. The van der Waals surface area contributed by atoms with Crippen LogP contribution < -0.4 is 0 Å². The number of nitrogens with one attached hydrogen (secondary N) is 1. The molecule has 5 nitrogen and oxygen atoms in total. The van der Waals surface area contributed by atoms with Crippen LogP contribution in [0, 0.1) is 10.1 Å². The molecule has 1 heterocycles. The van der Waals surface area contributed by atoms with Crippen molar-refractivity contribution >= 4 is 28.5 Å². The molecule has 1 aromatic heterocycles. The SMILES string of the molecule is CC(C)(C)c1ccc(CSc2nc3cc([N+](=O)[O-])ccc3[nH]2)cc1. The summed E-state index contributed by atoms with van der Waals surface area (Å²) in [5.74, 6) is 0.798. The number of benzene rings is 2. The van der Waals surface area contributed by atoms with Crippen molar-refractivity contribution < 1.29 is 4.92 Å². The lowest BCUT2D eigenvalue weighted by molar-refractivity contribution is -0.384. The molecule has 0 aliphatic heterocycles. The number of aromatic nitrogens is 2. The number of nitrogens with zero attached hydrogens (tertiary/aromatic N) is 2. The number of hydrogen-bond acceptors (Lipinski definition) is 4. The minimum absolute atomic E-state index is 0.0586. The van der Waals surface area contributed by atoms with Gasteiger partial charge in [-0.1, -0.05) is 56.8 Å². The highest BCUT2D eigenvalue weighted by atomic mass is 32.2. The first kappa shape index (κ1) is 16.5. The number of rotatable bonds is 4. The number of aromatic amines is 1. The maximum absolute atomic E-state index is 10.8. The van der Waals surface area contributed by atoms with Crippen LogP contribution in [0.15, 0.2) is 47.6 Å². The molecule has 0 saturated heterocycles. The van der Waals surface area contributed by atoms with Crippen LogP contribution in [0.5, 0.6) is 0 Å². The van der Waals surface area contributed by atoms with Gasteiger partial charge in [0.2, 0.25) is 0 Å². The van der Waals surface area contributed by atoms with Crippen molar-refractivity contribution in [3.05, 3.63) is 63.7 Å². The van der Waals surface area contributed by atoms with Gasteiger partial charge < -0.3 is 4.98 Å². The summed E-state index contributed by atoms with van der Waals surface area (Å²) in [7, 11) is 0. The lowest BCUT2D eigenvalue weighted by Crippen LogP contribution is -2.10. The molecular weight excluding hydrogens is 322 g/mol. The predicted molar refractivity (Wildman–Crippen MR) is 97.5 cm³/mol. The van der Waals surface area contributed by atoms with Gasteiger partial charge in [0.15, 0.2) is 5.16 Å². The zero-order valence-electron chi connectivity index (χ0n) is 13.9. The van der Waals surface area contributed by atoms with Crippen molar-refractivity contribution in [2.45, 2.75) is 37.1 Å². The number of thioether (sulfide) groups is 1. The summed E-state index contributed by atoms with van der Waals surface area (Å²) in [6.45, 7) is 6.60. The standard InChI is InChI=1S/C18H19N3O2S/c1-18(2,3)13-6-4-12(5-7-13)11-24-17-19-15-9-8-14(21(22)23)10-16(15)20-17/h4-10H,11H2,1-3H3,(H,19,20). The first-order chi connectivity index (χ1) is 11.3. The van der Waals surface area contributed by atoms with Crippen molar-refractivity contribution in [1.82, 2.24) is 9.97 Å². The first-order valence-corrected chi connectivity index (χ1v) is 8.68. The smallest absolute Gasteiger partial charge is 0.271 e. The Morgan fingerprint density at radius 3 is 2.50 bits per heavy atom. The summed E-state index contributed by atoms with van der Waals surface area (Å²) in [6.07, 6.45) is 0. The van der Waals surface area contributed by atoms with Gasteiger partial charge in [0.25, 0.3) is 5.69 Å². The van der Waals surface area contributed by atoms with Gasteiger partial charge in [-0.2, -0.15) is 0 Å². The third kappa shape index (κ3) is 3.59. The van der Waals surface area contributed by atoms with Crippen LogP contribution >= 0.6 is 11.8 Å². The van der Waals surface area contributed by atoms with Gasteiger partial charge in [-0.25, -0.2) is 4.98 Å². The lowest BCUT2D eigenvalue weighted by atomic mass is 9.87. The Balaban J connectivity index is 1.72. The van der Waals surface area contributed by atoms with E-state index in [9.17, 15) is 10.1 Å². The lowest BCUT2D eigenvalue weighted by Gasteiger charge is -2.19. The normalized spacial score (nSPS) is 11.8. The van der Waals surface area contributed by atoms with E-state index in [1.807, 2.05) is 0 Å². The van der Waals surface area contributed by atoms with Crippen molar-refractivity contribution in [2.24, 2.45) is 0 Å². The largest absolute Gasteiger partial charge is 0.333 e. The van der Waals surface area contributed by atoms with E-state index in [0.717, 1.165) is 16.4 Å². The van der Waals surface area contributed by atoms with Crippen LogP contribution in [0.1, 0.15) is 31.9 Å². The second kappa shape index (κ2) is 6.28. The molecule has 0 amide bonds. The molecular formula is C18H19N3O2S. The van der Waals surface area contributed by atoms with Crippen LogP contribution in [-0.4, -0.2) is 14.9 Å². The molecule has 0 bridgehead atoms. The Morgan fingerprint density at radius 2 is 1.88 bits per heavy atom. The Labute approximate surface area is 144 Å². The zero-order chi connectivity index (χ0) is 17.3. The molecule has 24 heavy (non-hydrogen) atoms. The summed E-state index contributed by atoms with van der Waals surface area (Å²) in [5.41, 5.74) is 4.18. The average Bonchev–Trinajstić information content (AvgIpc) is 2.94. The van der Waals surface area contributed by atoms with Gasteiger partial charge in [0.05, 0.1) is 16.0 Å². The van der Waals surface area contributed by atoms with Crippen LogP contribution in [-0.2, 0) is 11.2 Å². The highest BCUT2D eigenvalue weighted by Gasteiger charge is 2.13. The van der Waals surface area contributed by atoms with Crippen molar-refractivity contribution in [3.63, 3.8) is 0 Å². The predicted octanol–water partition coefficient (Wildman–Crippen LogP) is 5.06. The highest BCUT2D eigenvalue weighted by Crippen LogP contribution is 2.27. The van der Waals surface area contributed by atoms with Crippen molar-refractivity contribution in [1.29, 1.82) is 0 Å². The van der Waals surface area contributed by atoms with Gasteiger partial charge in [0, 0.05) is 17.9 Å². The monoisotopic (exact) mass is 341 g/mol. The molecule has 0 atom stereocenters. The van der Waals surface area contributed by atoms with Crippen molar-refractivity contribution in [2.75, 3.05) is 0 Å². The van der Waals surface area contributed by atoms with E-state index in [2.05, 4.69) is 55.0 Å². The first-order valence-electron chi connectivity index (χ1n) is 7.69. The van der Waals surface area contributed by atoms with Gasteiger partial charge >= 0.3 is 0 Å². The minimum atomic E-state index is -0.405. The Morgan fingerprint density at radius 1 is 1.17 bits per heavy atom. The van der Waals surface area contributed by atoms with E-state index >= 15 is 0 Å². The fourth-order valence-electron chi connectivity index (χ4n) is 2.41. The molecule has 0 spiro atoms. The summed E-state index contributed by atoms with van der Waals surface area (Å²) >= 11 is 1.59. The molecule has 0 radical (unpaired) electrons. The fraction of sp³-hybridized carbons (Fsp3) is 0.278. The summed E-state index contributed by atoms with van der Waals surface area (Å²) < 4.78 is 0. The average molecular weight is 341 g/mol. The van der Waals surface area contributed by atoms with E-state index in [1.54, 1.807) is 17.8 Å². The van der Waals surface area contributed by atoms with Gasteiger partial charge in [0.1, 0.15) is 0 Å². The molecule has 0 fully saturated rings. The van der Waals surface area contributed by atoms with E-state index in [0.29, 0.717) is 5.52 Å². The van der Waals surface area contributed by atoms with Crippen LogP contribution in [0.2, 0.25) is 0 Å². The topological polar surface area (TPSA) is 71.8 Å². The summed E-state index contributed by atoms with van der Waals surface area (Å²) in [5, 5.41) is 11.6. The molecule has 2 aromatic carbocycles. The minimum Gasteiger partial charge on any atom is -0.333 e. The third-order valence-corrected chi connectivity index (χ3v) is 4.80. The Kier molecular flexibility index (Phi) is 4.32. The molecule has 0 saturated carbocycles. The number of non-ortho nitro benzene ring substituents is 1. The van der Waals surface area contributed by atoms with E-state index in [4.69, 9.17) is 0 Å². The highest BCUT2D eigenvalue weighted by molar-refractivity contribution is 7.98. The van der Waals surface area contributed by atoms with Crippen LogP contribution in [0.3, 0.4) is 0 Å². The van der Waals surface area contributed by atoms with Gasteiger partial charge in [-0.3, -0.25) is 10.1 Å². The molecule has 3 rings (SSSR count). The zero-order valence-corrected chi connectivity index (χ0v) is 14.7. The molecule has 1 N–H and O–H groups in total. The molecule has 0 aliphatic rings. The van der Waals surface area contributed by atoms with E-state index < -0.39 is 4.92 Å². The molecule has 3 aromatic rings. The fourth-order valence-corrected chi connectivity index (χ4v) is 3.25. The maximum atomic E-state index is 10.8. The Hall–Kier alpha value is -2.34. The second-order valence-corrected chi connectivity index (χ2v) is 7.70. The summed E-state index contributed by atoms with van der Waals surface area (Å²) in [6, 6.07) is 13.3. The number of nitro benzene ring substituents is 1. The van der Waals surface area contributed by atoms with E-state index in [1.165, 1.54) is 23.3 Å². The van der Waals surface area contributed by atoms with E-state index in [-0.39, 0.29) is 11.1 Å². The number of hydrogen-bond donors (Lipinski definition) is 1.